The highest BCUT2D eigenvalue weighted by Crippen LogP contribution is 2.33. The average Bonchev–Trinajstić information content (AvgIpc) is 3.18. The maximum absolute atomic E-state index is 6.31. The van der Waals surface area contributed by atoms with Crippen molar-refractivity contribution >= 4 is 34.3 Å². The van der Waals surface area contributed by atoms with Crippen LogP contribution in [0.15, 0.2) is 90.1 Å². The molecule has 0 atom stereocenters. The van der Waals surface area contributed by atoms with Gasteiger partial charge in [0.25, 0.3) is 0 Å². The van der Waals surface area contributed by atoms with Gasteiger partial charge in [-0.05, 0) is 23.8 Å². The summed E-state index contributed by atoms with van der Waals surface area (Å²) in [4.78, 5) is 4.88. The number of para-hydroxylation sites is 1. The van der Waals surface area contributed by atoms with Crippen molar-refractivity contribution in [1.82, 2.24) is 19.7 Å². The quantitative estimate of drug-likeness (QED) is 0.286. The van der Waals surface area contributed by atoms with Crippen LogP contribution in [0.5, 0.6) is 0 Å². The molecular weight excluding hydrogens is 424 g/mol. The van der Waals surface area contributed by atoms with E-state index in [1.165, 1.54) is 0 Å². The summed E-state index contributed by atoms with van der Waals surface area (Å²) >= 11 is 7.93. The minimum atomic E-state index is 0.734. The van der Waals surface area contributed by atoms with Crippen LogP contribution in [-0.4, -0.2) is 19.7 Å². The molecule has 152 valence electrons. The third-order valence-corrected chi connectivity index (χ3v) is 6.61. The van der Waals surface area contributed by atoms with E-state index in [2.05, 4.69) is 34.5 Å². The summed E-state index contributed by atoms with van der Waals surface area (Å²) in [5.41, 5.74) is 5.03. The number of pyridine rings is 1. The summed E-state index contributed by atoms with van der Waals surface area (Å²) < 4.78 is 2.04. The lowest BCUT2D eigenvalue weighted by atomic mass is 10.0. The molecule has 0 fully saturated rings. The number of rotatable bonds is 5. The second kappa shape index (κ2) is 8.53. The molecule has 0 aliphatic heterocycles. The Morgan fingerprint density at radius 3 is 2.45 bits per heavy atom. The van der Waals surface area contributed by atoms with Crippen molar-refractivity contribution < 1.29 is 0 Å². The summed E-state index contributed by atoms with van der Waals surface area (Å²) in [5.74, 6) is 1.55. The highest BCUT2D eigenvalue weighted by molar-refractivity contribution is 7.98. The van der Waals surface area contributed by atoms with Crippen molar-refractivity contribution in [3.8, 4) is 22.6 Å². The molecule has 0 saturated heterocycles. The van der Waals surface area contributed by atoms with Crippen molar-refractivity contribution in [2.75, 3.05) is 0 Å². The summed E-state index contributed by atoms with van der Waals surface area (Å²) in [6, 6.07) is 28.3. The Hall–Kier alpha value is -3.15. The monoisotopic (exact) mass is 442 g/mol. The summed E-state index contributed by atoms with van der Waals surface area (Å²) in [5, 5.41) is 11.7. The molecule has 0 bridgehead atoms. The smallest absolute Gasteiger partial charge is 0.191 e. The predicted octanol–water partition coefficient (Wildman–Crippen LogP) is 6.64. The van der Waals surface area contributed by atoms with E-state index in [0.29, 0.717) is 0 Å². The van der Waals surface area contributed by atoms with Gasteiger partial charge in [0.15, 0.2) is 11.0 Å². The van der Waals surface area contributed by atoms with Gasteiger partial charge in [0.2, 0.25) is 0 Å². The van der Waals surface area contributed by atoms with Crippen LogP contribution in [0, 0.1) is 0 Å². The first-order chi connectivity index (χ1) is 15.2. The molecule has 0 saturated carbocycles. The maximum Gasteiger partial charge on any atom is 0.191 e. The van der Waals surface area contributed by atoms with Crippen molar-refractivity contribution in [3.05, 3.63) is 95.5 Å². The summed E-state index contributed by atoms with van der Waals surface area (Å²) in [6.45, 7) is 0. The molecule has 2 aromatic heterocycles. The van der Waals surface area contributed by atoms with Gasteiger partial charge in [-0.2, -0.15) is 0 Å². The van der Waals surface area contributed by atoms with Crippen LogP contribution in [0.1, 0.15) is 5.56 Å². The van der Waals surface area contributed by atoms with E-state index in [4.69, 9.17) is 16.6 Å². The Balaban J connectivity index is 1.56. The van der Waals surface area contributed by atoms with Gasteiger partial charge < -0.3 is 4.57 Å². The van der Waals surface area contributed by atoms with E-state index >= 15 is 0 Å². The SMILES string of the molecule is Cn1c(SCc2ccccc2Cl)nnc1-c1cc(-c2ccccc2)nc2ccccc12. The first kappa shape index (κ1) is 19.8. The second-order valence-corrected chi connectivity index (χ2v) is 8.53. The number of aromatic nitrogens is 4. The van der Waals surface area contributed by atoms with Crippen LogP contribution in [0.4, 0.5) is 0 Å². The maximum atomic E-state index is 6.31. The number of thioether (sulfide) groups is 1. The first-order valence-electron chi connectivity index (χ1n) is 9.92. The fourth-order valence-electron chi connectivity index (χ4n) is 3.55. The molecule has 5 aromatic rings. The molecule has 3 aromatic carbocycles. The normalized spacial score (nSPS) is 11.2. The van der Waals surface area contributed by atoms with Gasteiger partial charge >= 0.3 is 0 Å². The molecule has 0 spiro atoms. The molecule has 0 radical (unpaired) electrons. The van der Waals surface area contributed by atoms with Crippen LogP contribution in [0.2, 0.25) is 5.02 Å². The predicted molar refractivity (Wildman–Crippen MR) is 128 cm³/mol. The van der Waals surface area contributed by atoms with Gasteiger partial charge in [-0.25, -0.2) is 4.98 Å². The van der Waals surface area contributed by atoms with Gasteiger partial charge in [0, 0.05) is 34.3 Å². The van der Waals surface area contributed by atoms with Gasteiger partial charge in [-0.1, -0.05) is 90.1 Å². The van der Waals surface area contributed by atoms with Crippen molar-refractivity contribution in [1.29, 1.82) is 0 Å². The Kier molecular flexibility index (Phi) is 5.45. The molecule has 6 heteroatoms. The largest absolute Gasteiger partial charge is 0.305 e. The number of nitrogens with zero attached hydrogens (tertiary/aromatic N) is 4. The Labute approximate surface area is 189 Å². The van der Waals surface area contributed by atoms with E-state index in [9.17, 15) is 0 Å². The molecule has 2 heterocycles. The zero-order valence-corrected chi connectivity index (χ0v) is 18.4. The average molecular weight is 443 g/mol. The molecule has 31 heavy (non-hydrogen) atoms. The van der Waals surface area contributed by atoms with E-state index in [1.54, 1.807) is 11.8 Å². The van der Waals surface area contributed by atoms with Crippen LogP contribution >= 0.6 is 23.4 Å². The van der Waals surface area contributed by atoms with E-state index in [0.717, 1.165) is 55.0 Å². The van der Waals surface area contributed by atoms with Gasteiger partial charge in [0.05, 0.1) is 11.2 Å². The van der Waals surface area contributed by atoms with Crippen molar-refractivity contribution in [2.45, 2.75) is 10.9 Å². The summed E-state index contributed by atoms with van der Waals surface area (Å²) in [7, 11) is 2.00. The van der Waals surface area contributed by atoms with Gasteiger partial charge in [-0.3, -0.25) is 0 Å². The van der Waals surface area contributed by atoms with Crippen molar-refractivity contribution in [3.63, 3.8) is 0 Å². The zero-order valence-electron chi connectivity index (χ0n) is 16.9. The van der Waals surface area contributed by atoms with Crippen molar-refractivity contribution in [2.24, 2.45) is 7.05 Å². The van der Waals surface area contributed by atoms with Crippen LogP contribution in [-0.2, 0) is 12.8 Å². The van der Waals surface area contributed by atoms with Crippen LogP contribution < -0.4 is 0 Å². The Morgan fingerprint density at radius 1 is 0.871 bits per heavy atom. The third kappa shape index (κ3) is 3.94. The Bertz CT molecular complexity index is 1360. The lowest BCUT2D eigenvalue weighted by molar-refractivity contribution is 0.794. The lowest BCUT2D eigenvalue weighted by Crippen LogP contribution is -1.97. The molecule has 0 N–H and O–H groups in total. The van der Waals surface area contributed by atoms with E-state index < -0.39 is 0 Å². The molecule has 4 nitrogen and oxygen atoms in total. The number of fused-ring (bicyclic) bond motifs is 1. The topological polar surface area (TPSA) is 43.6 Å². The highest BCUT2D eigenvalue weighted by Gasteiger charge is 2.16. The molecule has 0 aliphatic carbocycles. The molecule has 0 amide bonds. The molecule has 0 unspecified atom stereocenters. The molecular formula is C25H19ClN4S. The lowest BCUT2D eigenvalue weighted by Gasteiger charge is -2.10. The molecule has 0 aliphatic rings. The number of hydrogen-bond acceptors (Lipinski definition) is 4. The fourth-order valence-corrected chi connectivity index (χ4v) is 4.75. The third-order valence-electron chi connectivity index (χ3n) is 5.18. The number of hydrogen-bond donors (Lipinski definition) is 0. The first-order valence-corrected chi connectivity index (χ1v) is 11.3. The minimum absolute atomic E-state index is 0.734. The number of halogens is 1. The van der Waals surface area contributed by atoms with Crippen LogP contribution in [0.3, 0.4) is 0 Å². The Morgan fingerprint density at radius 2 is 1.61 bits per heavy atom. The summed E-state index contributed by atoms with van der Waals surface area (Å²) in [6.07, 6.45) is 0. The second-order valence-electron chi connectivity index (χ2n) is 7.18. The standard InChI is InChI=1S/C25H19ClN4S/c1-30-24(28-29-25(30)31-16-18-11-5-7-13-21(18)26)20-15-23(17-9-3-2-4-10-17)27-22-14-8-6-12-19(20)22/h2-15H,16H2,1H3. The molecule has 5 rings (SSSR count). The van der Waals surface area contributed by atoms with E-state index in [1.807, 2.05) is 72.3 Å². The van der Waals surface area contributed by atoms with Gasteiger partial charge in [0.1, 0.15) is 0 Å². The van der Waals surface area contributed by atoms with Gasteiger partial charge in [-0.15, -0.1) is 10.2 Å². The number of benzene rings is 3. The van der Waals surface area contributed by atoms with E-state index in [-0.39, 0.29) is 0 Å². The van der Waals surface area contributed by atoms with Crippen LogP contribution in [0.25, 0.3) is 33.5 Å². The zero-order chi connectivity index (χ0) is 21.2. The highest BCUT2D eigenvalue weighted by atomic mass is 35.5. The fraction of sp³-hybridized carbons (Fsp3) is 0.0800. The minimum Gasteiger partial charge on any atom is -0.305 e.